The van der Waals surface area contributed by atoms with E-state index in [0.29, 0.717) is 36.2 Å². The molecule has 4 unspecified atom stereocenters. The lowest BCUT2D eigenvalue weighted by atomic mass is 9.90. The first-order valence-electron chi connectivity index (χ1n) is 27.9. The van der Waals surface area contributed by atoms with Crippen LogP contribution in [-0.2, 0) is 9.47 Å². The third kappa shape index (κ3) is 31.9. The summed E-state index contributed by atoms with van der Waals surface area (Å²) in [6, 6.07) is 7.18. The molecule has 62 heavy (non-hydrogen) atoms. The fraction of sp³-hybridized carbons (Fsp3) is 0.862. The Bertz CT molecular complexity index is 1040. The normalized spacial score (nSPS) is 13.5. The van der Waals surface area contributed by atoms with E-state index in [0.717, 1.165) is 37.5 Å². The predicted molar refractivity (Wildman–Crippen MR) is 270 cm³/mol. The van der Waals surface area contributed by atoms with Crippen molar-refractivity contribution in [3.63, 3.8) is 0 Å². The maximum absolute atomic E-state index is 13.7. The van der Waals surface area contributed by atoms with Crippen molar-refractivity contribution in [2.24, 2.45) is 23.7 Å². The van der Waals surface area contributed by atoms with E-state index in [1.165, 1.54) is 218 Å². The Morgan fingerprint density at radius 3 is 0.823 bits per heavy atom. The van der Waals surface area contributed by atoms with Crippen LogP contribution in [-0.4, -0.2) is 25.2 Å². The van der Waals surface area contributed by atoms with Crippen LogP contribution in [0, 0.1) is 23.7 Å². The van der Waals surface area contributed by atoms with Gasteiger partial charge < -0.3 is 9.47 Å². The first kappa shape index (κ1) is 58.2. The molecule has 1 aromatic rings. The van der Waals surface area contributed by atoms with Crippen LogP contribution >= 0.6 is 0 Å². The molecule has 0 amide bonds. The van der Waals surface area contributed by atoms with Crippen LogP contribution in [0.4, 0.5) is 0 Å². The molecule has 0 aromatic heterocycles. The van der Waals surface area contributed by atoms with Crippen molar-refractivity contribution in [2.75, 3.05) is 13.2 Å². The van der Waals surface area contributed by atoms with E-state index in [2.05, 4.69) is 41.5 Å². The Kier molecular flexibility index (Phi) is 40.4. The molecule has 1 rings (SSSR count). The zero-order valence-electron chi connectivity index (χ0n) is 42.5. The molecule has 4 atom stereocenters. The molecule has 0 aliphatic rings. The van der Waals surface area contributed by atoms with Crippen molar-refractivity contribution in [3.8, 4) is 0 Å². The second kappa shape index (κ2) is 43.1. The van der Waals surface area contributed by atoms with Crippen molar-refractivity contribution < 1.29 is 19.1 Å². The maximum atomic E-state index is 13.7. The molecule has 0 heterocycles. The van der Waals surface area contributed by atoms with E-state index in [4.69, 9.17) is 9.47 Å². The number of rotatable bonds is 46. The number of benzene rings is 1. The van der Waals surface area contributed by atoms with Crippen LogP contribution in [0.3, 0.4) is 0 Å². The number of esters is 2. The average molecular weight is 867 g/mol. The van der Waals surface area contributed by atoms with Gasteiger partial charge >= 0.3 is 11.9 Å². The monoisotopic (exact) mass is 867 g/mol. The summed E-state index contributed by atoms with van der Waals surface area (Å²) in [6.07, 6.45) is 49.2. The van der Waals surface area contributed by atoms with Crippen molar-refractivity contribution in [2.45, 2.75) is 286 Å². The second-order valence-corrected chi connectivity index (χ2v) is 19.8. The number of ether oxygens (including phenoxy) is 2. The van der Waals surface area contributed by atoms with Crippen LogP contribution in [0.5, 0.6) is 0 Å². The Balaban J connectivity index is 2.78. The zero-order chi connectivity index (χ0) is 45.1. The van der Waals surface area contributed by atoms with Crippen LogP contribution in [0.15, 0.2) is 24.3 Å². The van der Waals surface area contributed by atoms with E-state index < -0.39 is 0 Å². The van der Waals surface area contributed by atoms with Gasteiger partial charge in [0.1, 0.15) is 0 Å². The molecule has 0 saturated heterocycles. The molecule has 362 valence electrons. The molecule has 0 N–H and O–H groups in total. The Labute approximate surface area is 387 Å². The maximum Gasteiger partial charge on any atom is 0.339 e. The van der Waals surface area contributed by atoms with Gasteiger partial charge in [0.15, 0.2) is 0 Å². The molecule has 0 fully saturated rings. The van der Waals surface area contributed by atoms with E-state index in [1.807, 2.05) is 12.1 Å². The van der Waals surface area contributed by atoms with Crippen LogP contribution in [0.1, 0.15) is 306 Å². The summed E-state index contributed by atoms with van der Waals surface area (Å²) in [6.45, 7) is 14.7. The fourth-order valence-corrected chi connectivity index (χ4v) is 9.69. The van der Waals surface area contributed by atoms with E-state index in [9.17, 15) is 9.59 Å². The Morgan fingerprint density at radius 1 is 0.339 bits per heavy atom. The van der Waals surface area contributed by atoms with Gasteiger partial charge in [-0.3, -0.25) is 0 Å². The van der Waals surface area contributed by atoms with Gasteiger partial charge in [0.05, 0.1) is 24.3 Å². The molecule has 4 heteroatoms. The Hall–Kier alpha value is -1.84. The van der Waals surface area contributed by atoms with Crippen LogP contribution < -0.4 is 0 Å². The summed E-state index contributed by atoms with van der Waals surface area (Å²) in [4.78, 5) is 27.4. The molecule has 0 aliphatic carbocycles. The molecule has 0 spiro atoms. The summed E-state index contributed by atoms with van der Waals surface area (Å²) in [5, 5.41) is 0. The minimum atomic E-state index is -0.384. The van der Waals surface area contributed by atoms with Gasteiger partial charge in [-0.15, -0.1) is 0 Å². The highest BCUT2D eigenvalue weighted by atomic mass is 16.5. The molecule has 4 nitrogen and oxygen atoms in total. The molecular formula is C58H106O4. The first-order chi connectivity index (χ1) is 30.4. The largest absolute Gasteiger partial charge is 0.462 e. The highest BCUT2D eigenvalue weighted by molar-refractivity contribution is 6.03. The lowest BCUT2D eigenvalue weighted by Gasteiger charge is -2.20. The van der Waals surface area contributed by atoms with Crippen molar-refractivity contribution in [1.82, 2.24) is 0 Å². The molecule has 1 aromatic carbocycles. The first-order valence-corrected chi connectivity index (χ1v) is 27.9. The third-order valence-corrected chi connectivity index (χ3v) is 14.2. The SMILES string of the molecule is CCCCCCCCC(CC)CCCCC(CCCCCCCC)COC(=O)c1ccccc1C(=O)OCC(CCCCCCCC)CCCCC(CC)CCCCCCCC. The van der Waals surface area contributed by atoms with Crippen molar-refractivity contribution in [3.05, 3.63) is 35.4 Å². The van der Waals surface area contributed by atoms with Gasteiger partial charge in [0, 0.05) is 0 Å². The molecule has 0 aliphatic heterocycles. The highest BCUT2D eigenvalue weighted by Gasteiger charge is 2.22. The lowest BCUT2D eigenvalue weighted by Crippen LogP contribution is -2.20. The number of hydrogen-bond acceptors (Lipinski definition) is 4. The van der Waals surface area contributed by atoms with Crippen LogP contribution in [0.25, 0.3) is 0 Å². The van der Waals surface area contributed by atoms with Gasteiger partial charge in [0.25, 0.3) is 0 Å². The van der Waals surface area contributed by atoms with Crippen LogP contribution in [0.2, 0.25) is 0 Å². The zero-order valence-corrected chi connectivity index (χ0v) is 42.5. The van der Waals surface area contributed by atoms with Crippen molar-refractivity contribution >= 4 is 11.9 Å². The average Bonchev–Trinajstić information content (AvgIpc) is 3.29. The second-order valence-electron chi connectivity index (χ2n) is 19.8. The molecule has 0 bridgehead atoms. The smallest absolute Gasteiger partial charge is 0.339 e. The lowest BCUT2D eigenvalue weighted by molar-refractivity contribution is 0.0375. The summed E-state index contributed by atoms with van der Waals surface area (Å²) >= 11 is 0. The number of hydrogen-bond donors (Lipinski definition) is 0. The summed E-state index contributed by atoms with van der Waals surface area (Å²) in [7, 11) is 0. The minimum Gasteiger partial charge on any atom is -0.462 e. The molecular weight excluding hydrogens is 761 g/mol. The summed E-state index contributed by atoms with van der Waals surface area (Å²) < 4.78 is 12.2. The Morgan fingerprint density at radius 2 is 0.565 bits per heavy atom. The number of unbranched alkanes of at least 4 members (excludes halogenated alkanes) is 22. The topological polar surface area (TPSA) is 52.6 Å². The highest BCUT2D eigenvalue weighted by Crippen LogP contribution is 2.27. The summed E-state index contributed by atoms with van der Waals surface area (Å²) in [5.41, 5.74) is 0.694. The number of carbonyl (C=O) groups excluding carboxylic acids is 2. The quantitative estimate of drug-likeness (QED) is 0.0484. The molecule has 0 radical (unpaired) electrons. The third-order valence-electron chi connectivity index (χ3n) is 14.2. The number of carbonyl (C=O) groups is 2. The van der Waals surface area contributed by atoms with Gasteiger partial charge in [-0.05, 0) is 61.5 Å². The summed E-state index contributed by atoms with van der Waals surface area (Å²) in [5.74, 6) is 1.66. The predicted octanol–water partition coefficient (Wildman–Crippen LogP) is 19.4. The van der Waals surface area contributed by atoms with Crippen molar-refractivity contribution in [1.29, 1.82) is 0 Å². The van der Waals surface area contributed by atoms with Gasteiger partial charge in [-0.2, -0.15) is 0 Å². The minimum absolute atomic E-state index is 0.347. The van der Waals surface area contributed by atoms with E-state index in [-0.39, 0.29) is 11.9 Å². The standard InChI is InChI=1S/C58H106O4/c1-7-13-17-21-25-29-39-51(11-5)41-33-35-45-53(43-31-27-23-19-15-9-3)49-61-57(59)55-47-37-38-48-56(55)58(60)62-50-54(44-32-28-24-20-16-10-4)46-36-34-42-52(12-6)40-30-26-22-18-14-8-2/h37-38,47-48,51-54H,7-36,39-46,49-50H2,1-6H3. The van der Waals surface area contributed by atoms with E-state index in [1.54, 1.807) is 12.1 Å². The fourth-order valence-electron chi connectivity index (χ4n) is 9.69. The van der Waals surface area contributed by atoms with E-state index >= 15 is 0 Å². The molecule has 0 saturated carbocycles. The van der Waals surface area contributed by atoms with Gasteiger partial charge in [0.2, 0.25) is 0 Å². The van der Waals surface area contributed by atoms with Gasteiger partial charge in [-0.25, -0.2) is 9.59 Å². The van der Waals surface area contributed by atoms with Gasteiger partial charge in [-0.1, -0.05) is 272 Å².